The van der Waals surface area contributed by atoms with Crippen molar-refractivity contribution in [2.24, 2.45) is 11.7 Å². The van der Waals surface area contributed by atoms with Crippen LogP contribution in [0.2, 0.25) is 0 Å². The summed E-state index contributed by atoms with van der Waals surface area (Å²) in [6, 6.07) is 6.12. The van der Waals surface area contributed by atoms with Crippen LogP contribution in [0.5, 0.6) is 0 Å². The van der Waals surface area contributed by atoms with E-state index in [4.69, 9.17) is 5.73 Å². The number of benzene rings is 1. The topological polar surface area (TPSA) is 98.3 Å². The molecular formula is C16H23N3O3. The fourth-order valence-electron chi connectivity index (χ4n) is 3.08. The average Bonchev–Trinajstić information content (AvgIpc) is 2.54. The molecule has 3 N–H and O–H groups in total. The van der Waals surface area contributed by atoms with Crippen molar-refractivity contribution in [1.29, 1.82) is 0 Å². The Bertz CT molecular complexity index is 510. The molecule has 1 atom stereocenters. The number of nitro benzene ring substituents is 1. The van der Waals surface area contributed by atoms with Crippen molar-refractivity contribution in [2.45, 2.75) is 44.6 Å². The van der Waals surface area contributed by atoms with E-state index in [1.807, 2.05) is 0 Å². The van der Waals surface area contributed by atoms with Crippen molar-refractivity contribution < 1.29 is 9.72 Å². The van der Waals surface area contributed by atoms with E-state index >= 15 is 0 Å². The molecule has 0 aromatic heterocycles. The lowest BCUT2D eigenvalue weighted by molar-refractivity contribution is -0.384. The summed E-state index contributed by atoms with van der Waals surface area (Å²) in [5.41, 5.74) is 6.61. The standard InChI is InChI=1S/C16H23N3O3/c17-11-15(13-4-2-1-3-5-13)18-16(20)10-12-6-8-14(9-7-12)19(21)22/h6-9,13,15H,1-5,10-11,17H2,(H,18,20). The van der Waals surface area contributed by atoms with Crippen LogP contribution in [0.4, 0.5) is 5.69 Å². The molecule has 0 radical (unpaired) electrons. The molecule has 1 aromatic carbocycles. The lowest BCUT2D eigenvalue weighted by atomic mass is 9.84. The van der Waals surface area contributed by atoms with Gasteiger partial charge in [0, 0.05) is 24.7 Å². The summed E-state index contributed by atoms with van der Waals surface area (Å²) in [5.74, 6) is 0.398. The zero-order valence-electron chi connectivity index (χ0n) is 12.7. The Kier molecular flexibility index (Phi) is 5.89. The third kappa shape index (κ3) is 4.53. The summed E-state index contributed by atoms with van der Waals surface area (Å²) in [6.07, 6.45) is 6.16. The van der Waals surface area contributed by atoms with E-state index in [0.717, 1.165) is 18.4 Å². The highest BCUT2D eigenvalue weighted by atomic mass is 16.6. The summed E-state index contributed by atoms with van der Waals surface area (Å²) < 4.78 is 0. The van der Waals surface area contributed by atoms with Crippen molar-refractivity contribution in [3.63, 3.8) is 0 Å². The van der Waals surface area contributed by atoms with Crippen molar-refractivity contribution in [3.05, 3.63) is 39.9 Å². The highest BCUT2D eigenvalue weighted by molar-refractivity contribution is 5.79. The highest BCUT2D eigenvalue weighted by Gasteiger charge is 2.23. The van der Waals surface area contributed by atoms with Gasteiger partial charge in [0.25, 0.3) is 5.69 Å². The second-order valence-electron chi connectivity index (χ2n) is 5.91. The van der Waals surface area contributed by atoms with Crippen LogP contribution in [-0.4, -0.2) is 23.4 Å². The number of non-ortho nitro benzene ring substituents is 1. The molecule has 1 aromatic rings. The van der Waals surface area contributed by atoms with Crippen LogP contribution in [0.25, 0.3) is 0 Å². The summed E-state index contributed by atoms with van der Waals surface area (Å²) in [5, 5.41) is 13.6. The van der Waals surface area contributed by atoms with Crippen LogP contribution in [0.3, 0.4) is 0 Å². The molecule has 0 saturated heterocycles. The molecule has 1 saturated carbocycles. The van der Waals surface area contributed by atoms with Gasteiger partial charge < -0.3 is 11.1 Å². The summed E-state index contributed by atoms with van der Waals surface area (Å²) in [6.45, 7) is 0.455. The second kappa shape index (κ2) is 7.89. The SMILES string of the molecule is NCC(NC(=O)Cc1ccc([N+](=O)[O-])cc1)C1CCCCC1. The minimum absolute atomic E-state index is 0.0332. The molecule has 6 heteroatoms. The molecule has 1 amide bonds. The lowest BCUT2D eigenvalue weighted by Crippen LogP contribution is -2.46. The Labute approximate surface area is 130 Å². The van der Waals surface area contributed by atoms with Crippen molar-refractivity contribution in [3.8, 4) is 0 Å². The normalized spacial score (nSPS) is 17.0. The number of nitro groups is 1. The minimum Gasteiger partial charge on any atom is -0.352 e. The van der Waals surface area contributed by atoms with E-state index in [9.17, 15) is 14.9 Å². The molecule has 2 rings (SSSR count). The Morgan fingerprint density at radius 2 is 1.91 bits per heavy atom. The number of nitrogens with two attached hydrogens (primary N) is 1. The summed E-state index contributed by atoms with van der Waals surface area (Å²) in [7, 11) is 0. The third-order valence-corrected chi connectivity index (χ3v) is 4.33. The molecule has 1 aliphatic carbocycles. The van der Waals surface area contributed by atoms with Gasteiger partial charge in [0.05, 0.1) is 11.3 Å². The number of carbonyl (C=O) groups is 1. The van der Waals surface area contributed by atoms with Crippen LogP contribution < -0.4 is 11.1 Å². The van der Waals surface area contributed by atoms with Gasteiger partial charge in [-0.25, -0.2) is 0 Å². The molecular weight excluding hydrogens is 282 g/mol. The molecule has 1 aliphatic rings. The quantitative estimate of drug-likeness (QED) is 0.621. The second-order valence-corrected chi connectivity index (χ2v) is 5.91. The largest absolute Gasteiger partial charge is 0.352 e. The van der Waals surface area contributed by atoms with E-state index in [-0.39, 0.29) is 24.1 Å². The first-order valence-corrected chi connectivity index (χ1v) is 7.83. The fraction of sp³-hybridized carbons (Fsp3) is 0.562. The smallest absolute Gasteiger partial charge is 0.269 e. The highest BCUT2D eigenvalue weighted by Crippen LogP contribution is 2.26. The van der Waals surface area contributed by atoms with Gasteiger partial charge in [0.15, 0.2) is 0 Å². The van der Waals surface area contributed by atoms with Crippen LogP contribution >= 0.6 is 0 Å². The first-order chi connectivity index (χ1) is 10.6. The Balaban J connectivity index is 1.89. The monoisotopic (exact) mass is 305 g/mol. The van der Waals surface area contributed by atoms with Crippen molar-refractivity contribution in [2.75, 3.05) is 6.54 Å². The molecule has 1 fully saturated rings. The van der Waals surface area contributed by atoms with Gasteiger partial charge in [-0.2, -0.15) is 0 Å². The summed E-state index contributed by atoms with van der Waals surface area (Å²) in [4.78, 5) is 22.3. The Morgan fingerprint density at radius 3 is 2.45 bits per heavy atom. The first-order valence-electron chi connectivity index (χ1n) is 7.83. The van der Waals surface area contributed by atoms with Crippen molar-refractivity contribution >= 4 is 11.6 Å². The summed E-state index contributed by atoms with van der Waals surface area (Å²) >= 11 is 0. The van der Waals surface area contributed by atoms with Gasteiger partial charge in [-0.3, -0.25) is 14.9 Å². The molecule has 6 nitrogen and oxygen atoms in total. The maximum atomic E-state index is 12.1. The fourth-order valence-corrected chi connectivity index (χ4v) is 3.08. The zero-order chi connectivity index (χ0) is 15.9. The molecule has 0 heterocycles. The predicted octanol–water partition coefficient (Wildman–Crippen LogP) is 2.16. The van der Waals surface area contributed by atoms with E-state index in [0.29, 0.717) is 12.5 Å². The molecule has 0 spiro atoms. The van der Waals surface area contributed by atoms with E-state index in [1.54, 1.807) is 12.1 Å². The van der Waals surface area contributed by atoms with Gasteiger partial charge in [-0.15, -0.1) is 0 Å². The number of hydrogen-bond donors (Lipinski definition) is 2. The average molecular weight is 305 g/mol. The number of amides is 1. The third-order valence-electron chi connectivity index (χ3n) is 4.33. The molecule has 0 bridgehead atoms. The molecule has 22 heavy (non-hydrogen) atoms. The molecule has 120 valence electrons. The zero-order valence-corrected chi connectivity index (χ0v) is 12.7. The van der Waals surface area contributed by atoms with Crippen LogP contribution in [0, 0.1) is 16.0 Å². The number of hydrogen-bond acceptors (Lipinski definition) is 4. The first kappa shape index (κ1) is 16.4. The number of carbonyl (C=O) groups excluding carboxylic acids is 1. The maximum absolute atomic E-state index is 12.1. The predicted molar refractivity (Wildman–Crippen MR) is 84.4 cm³/mol. The van der Waals surface area contributed by atoms with Crippen LogP contribution in [0.15, 0.2) is 24.3 Å². The van der Waals surface area contributed by atoms with E-state index in [2.05, 4.69) is 5.32 Å². The minimum atomic E-state index is -0.447. The van der Waals surface area contributed by atoms with Gasteiger partial charge in [-0.1, -0.05) is 31.4 Å². The van der Waals surface area contributed by atoms with E-state index in [1.165, 1.54) is 31.4 Å². The van der Waals surface area contributed by atoms with E-state index < -0.39 is 4.92 Å². The Hall–Kier alpha value is -1.95. The number of rotatable bonds is 6. The van der Waals surface area contributed by atoms with Gasteiger partial charge in [0.1, 0.15) is 0 Å². The van der Waals surface area contributed by atoms with Crippen molar-refractivity contribution in [1.82, 2.24) is 5.32 Å². The number of nitrogens with one attached hydrogen (secondary N) is 1. The Morgan fingerprint density at radius 1 is 1.27 bits per heavy atom. The van der Waals surface area contributed by atoms with Gasteiger partial charge in [0.2, 0.25) is 5.91 Å². The maximum Gasteiger partial charge on any atom is 0.269 e. The molecule has 0 aliphatic heterocycles. The number of nitrogens with zero attached hydrogens (tertiary/aromatic N) is 1. The van der Waals surface area contributed by atoms with Gasteiger partial charge >= 0.3 is 0 Å². The van der Waals surface area contributed by atoms with Crippen LogP contribution in [0.1, 0.15) is 37.7 Å². The lowest BCUT2D eigenvalue weighted by Gasteiger charge is -2.30. The molecule has 1 unspecified atom stereocenters. The van der Waals surface area contributed by atoms with Gasteiger partial charge in [-0.05, 0) is 24.3 Å². The van der Waals surface area contributed by atoms with Crippen LogP contribution in [-0.2, 0) is 11.2 Å².